The normalized spacial score (nSPS) is 10.2. The zero-order chi connectivity index (χ0) is 15.2. The van der Waals surface area contributed by atoms with Crippen molar-refractivity contribution in [3.8, 4) is 0 Å². The van der Waals surface area contributed by atoms with Crippen LogP contribution in [-0.2, 0) is 16.1 Å². The Morgan fingerprint density at radius 2 is 1.95 bits per heavy atom. The highest BCUT2D eigenvalue weighted by molar-refractivity contribution is 9.10. The fourth-order valence-corrected chi connectivity index (χ4v) is 2.07. The van der Waals surface area contributed by atoms with Crippen molar-refractivity contribution in [1.82, 2.24) is 5.32 Å². The highest BCUT2D eigenvalue weighted by Crippen LogP contribution is 2.18. The highest BCUT2D eigenvalue weighted by atomic mass is 79.9. The van der Waals surface area contributed by atoms with Crippen molar-refractivity contribution in [1.29, 1.82) is 0 Å². The molecule has 6 heteroatoms. The monoisotopic (exact) mass is 350 g/mol. The molecule has 2 aromatic rings. The maximum Gasteiger partial charge on any atom is 0.240 e. The molecule has 110 valence electrons. The molecule has 5 nitrogen and oxygen atoms in total. The molecule has 0 saturated heterocycles. The number of hydrogen-bond acceptors (Lipinski definition) is 3. The molecule has 0 aliphatic heterocycles. The second-order valence-corrected chi connectivity index (χ2v) is 5.35. The number of furan rings is 1. The first-order chi connectivity index (χ1) is 10.1. The van der Waals surface area contributed by atoms with E-state index in [0.29, 0.717) is 18.0 Å². The molecule has 0 aliphatic rings. The Labute approximate surface area is 131 Å². The minimum atomic E-state index is -0.246. The zero-order valence-electron chi connectivity index (χ0n) is 11.5. The molecule has 0 radical (unpaired) electrons. The summed E-state index contributed by atoms with van der Waals surface area (Å²) >= 11 is 3.34. The molecule has 1 aromatic carbocycles. The highest BCUT2D eigenvalue weighted by Gasteiger charge is 2.15. The molecule has 0 atom stereocenters. The average molecular weight is 351 g/mol. The zero-order valence-corrected chi connectivity index (χ0v) is 13.1. The number of rotatable bonds is 5. The first kappa shape index (κ1) is 15.3. The van der Waals surface area contributed by atoms with Gasteiger partial charge in [-0.3, -0.25) is 9.59 Å². The third-order valence-electron chi connectivity index (χ3n) is 2.86. The van der Waals surface area contributed by atoms with Crippen molar-refractivity contribution in [2.24, 2.45) is 0 Å². The SMILES string of the molecule is CC(=O)N(CC(=O)NCc1ccco1)c1ccc(Br)cc1. The van der Waals surface area contributed by atoms with Crippen molar-refractivity contribution in [3.05, 3.63) is 52.9 Å². The molecule has 0 aliphatic carbocycles. The van der Waals surface area contributed by atoms with Gasteiger partial charge in [-0.1, -0.05) is 15.9 Å². The fraction of sp³-hybridized carbons (Fsp3) is 0.200. The van der Waals surface area contributed by atoms with Gasteiger partial charge in [0, 0.05) is 17.1 Å². The number of benzene rings is 1. The summed E-state index contributed by atoms with van der Waals surface area (Å²) in [7, 11) is 0. The van der Waals surface area contributed by atoms with Gasteiger partial charge >= 0.3 is 0 Å². The fourth-order valence-electron chi connectivity index (χ4n) is 1.80. The molecule has 0 spiro atoms. The average Bonchev–Trinajstić information content (AvgIpc) is 2.97. The van der Waals surface area contributed by atoms with Crippen molar-refractivity contribution >= 4 is 33.4 Å². The van der Waals surface area contributed by atoms with Gasteiger partial charge in [0.15, 0.2) is 0 Å². The van der Waals surface area contributed by atoms with E-state index in [1.54, 1.807) is 30.5 Å². The van der Waals surface area contributed by atoms with Gasteiger partial charge in [-0.15, -0.1) is 0 Å². The lowest BCUT2D eigenvalue weighted by Crippen LogP contribution is -2.39. The van der Waals surface area contributed by atoms with Gasteiger partial charge in [-0.25, -0.2) is 0 Å². The summed E-state index contributed by atoms with van der Waals surface area (Å²) in [5.41, 5.74) is 0.679. The maximum absolute atomic E-state index is 11.9. The first-order valence-corrected chi connectivity index (χ1v) is 7.18. The Balaban J connectivity index is 1.97. The number of nitrogens with one attached hydrogen (secondary N) is 1. The number of amides is 2. The van der Waals surface area contributed by atoms with Gasteiger partial charge in [0.1, 0.15) is 12.3 Å². The summed E-state index contributed by atoms with van der Waals surface area (Å²) in [5.74, 6) is 0.233. The summed E-state index contributed by atoms with van der Waals surface area (Å²) in [6.45, 7) is 1.71. The summed E-state index contributed by atoms with van der Waals surface area (Å²) in [6.07, 6.45) is 1.55. The lowest BCUT2D eigenvalue weighted by molar-refractivity contribution is -0.123. The van der Waals surface area contributed by atoms with E-state index >= 15 is 0 Å². The molecule has 0 saturated carbocycles. The van der Waals surface area contributed by atoms with Crippen molar-refractivity contribution in [3.63, 3.8) is 0 Å². The first-order valence-electron chi connectivity index (χ1n) is 6.39. The topological polar surface area (TPSA) is 62.6 Å². The number of nitrogens with zero attached hydrogens (tertiary/aromatic N) is 1. The lowest BCUT2D eigenvalue weighted by Gasteiger charge is -2.20. The van der Waals surface area contributed by atoms with Gasteiger partial charge in [-0.05, 0) is 36.4 Å². The maximum atomic E-state index is 11.9. The van der Waals surface area contributed by atoms with Crippen LogP contribution in [-0.4, -0.2) is 18.4 Å². The molecule has 0 unspecified atom stereocenters. The van der Waals surface area contributed by atoms with E-state index in [1.165, 1.54) is 11.8 Å². The smallest absolute Gasteiger partial charge is 0.240 e. The van der Waals surface area contributed by atoms with E-state index in [2.05, 4.69) is 21.2 Å². The van der Waals surface area contributed by atoms with Crippen molar-refractivity contribution in [2.45, 2.75) is 13.5 Å². The minimum absolute atomic E-state index is 0.0301. The predicted octanol–water partition coefficient (Wildman–Crippen LogP) is 2.71. The van der Waals surface area contributed by atoms with Crippen molar-refractivity contribution in [2.75, 3.05) is 11.4 Å². The van der Waals surface area contributed by atoms with Gasteiger partial charge in [0.25, 0.3) is 0 Å². The van der Waals surface area contributed by atoms with Crippen LogP contribution >= 0.6 is 15.9 Å². The Kier molecular flexibility index (Phi) is 5.16. The minimum Gasteiger partial charge on any atom is -0.467 e. The van der Waals surface area contributed by atoms with Gasteiger partial charge in [0.2, 0.25) is 11.8 Å². The number of carbonyl (C=O) groups excluding carboxylic acids is 2. The van der Waals surface area contributed by atoms with Crippen LogP contribution in [0.3, 0.4) is 0 Å². The van der Waals surface area contributed by atoms with Crippen LogP contribution < -0.4 is 10.2 Å². The molecule has 1 aromatic heterocycles. The molecule has 2 rings (SSSR count). The predicted molar refractivity (Wildman–Crippen MR) is 82.7 cm³/mol. The Bertz CT molecular complexity index is 608. The van der Waals surface area contributed by atoms with Crippen molar-refractivity contribution < 1.29 is 14.0 Å². The Hall–Kier alpha value is -2.08. The summed E-state index contributed by atoms with van der Waals surface area (Å²) in [6, 6.07) is 10.7. The van der Waals surface area contributed by atoms with E-state index in [1.807, 2.05) is 12.1 Å². The molecular formula is C15H15BrN2O3. The van der Waals surface area contributed by atoms with Gasteiger partial charge in [-0.2, -0.15) is 0 Å². The van der Waals surface area contributed by atoms with Gasteiger partial charge in [0.05, 0.1) is 12.8 Å². The van der Waals surface area contributed by atoms with Crippen LogP contribution in [0.4, 0.5) is 5.69 Å². The van der Waals surface area contributed by atoms with Crippen LogP contribution in [0.25, 0.3) is 0 Å². The van der Waals surface area contributed by atoms with Crippen LogP contribution in [0.2, 0.25) is 0 Å². The number of anilines is 1. The lowest BCUT2D eigenvalue weighted by atomic mass is 10.3. The largest absolute Gasteiger partial charge is 0.467 e. The van der Waals surface area contributed by atoms with Crippen LogP contribution in [0.15, 0.2) is 51.6 Å². The van der Waals surface area contributed by atoms with Crippen LogP contribution in [0.1, 0.15) is 12.7 Å². The summed E-state index contributed by atoms with van der Waals surface area (Å²) < 4.78 is 6.05. The van der Waals surface area contributed by atoms with E-state index in [9.17, 15) is 9.59 Å². The van der Waals surface area contributed by atoms with Gasteiger partial charge < -0.3 is 14.6 Å². The summed E-state index contributed by atoms with van der Waals surface area (Å²) in [4.78, 5) is 25.1. The molecule has 2 amide bonds. The number of carbonyl (C=O) groups is 2. The van der Waals surface area contributed by atoms with Crippen LogP contribution in [0.5, 0.6) is 0 Å². The molecule has 21 heavy (non-hydrogen) atoms. The summed E-state index contributed by atoms with van der Waals surface area (Å²) in [5, 5.41) is 2.72. The quantitative estimate of drug-likeness (QED) is 0.901. The molecule has 0 fully saturated rings. The van der Waals surface area contributed by atoms with E-state index in [4.69, 9.17) is 4.42 Å². The molecule has 1 heterocycles. The Morgan fingerprint density at radius 1 is 1.24 bits per heavy atom. The number of halogens is 1. The third kappa shape index (κ3) is 4.46. The molecule has 1 N–H and O–H groups in total. The second-order valence-electron chi connectivity index (χ2n) is 4.44. The Morgan fingerprint density at radius 3 is 2.52 bits per heavy atom. The van der Waals surface area contributed by atoms with Crippen LogP contribution in [0, 0.1) is 0 Å². The van der Waals surface area contributed by atoms with E-state index in [-0.39, 0.29) is 18.4 Å². The third-order valence-corrected chi connectivity index (χ3v) is 3.39. The second kappa shape index (κ2) is 7.08. The molecule has 0 bridgehead atoms. The van der Waals surface area contributed by atoms with E-state index in [0.717, 1.165) is 4.47 Å². The molecular weight excluding hydrogens is 336 g/mol. The van der Waals surface area contributed by atoms with E-state index < -0.39 is 0 Å². The standard InChI is InChI=1S/C15H15BrN2O3/c1-11(19)18(13-6-4-12(16)5-7-13)10-15(20)17-9-14-3-2-8-21-14/h2-8H,9-10H2,1H3,(H,17,20). The number of hydrogen-bond donors (Lipinski definition) is 1.